The summed E-state index contributed by atoms with van der Waals surface area (Å²) in [5.74, 6) is 0. The van der Waals surface area contributed by atoms with Crippen molar-refractivity contribution in [1.82, 2.24) is 15.3 Å². The van der Waals surface area contributed by atoms with Gasteiger partial charge in [-0.25, -0.2) is 9.61 Å². The molecule has 0 bridgehead atoms. The summed E-state index contributed by atoms with van der Waals surface area (Å²) in [5.41, 5.74) is 11.3. The smallest absolute Gasteiger partial charge is 0.160 e. The number of anilines is 2. The van der Waals surface area contributed by atoms with Crippen LogP contribution in [-0.2, 0) is 6.54 Å². The molecule has 0 aliphatic rings. The van der Waals surface area contributed by atoms with Crippen LogP contribution in [0, 0.1) is 6.92 Å². The molecule has 18 heavy (non-hydrogen) atoms. The van der Waals surface area contributed by atoms with Gasteiger partial charge in [-0.2, -0.15) is 0 Å². The van der Waals surface area contributed by atoms with Gasteiger partial charge in [0.25, 0.3) is 0 Å². The van der Waals surface area contributed by atoms with Crippen LogP contribution < -0.4 is 11.1 Å². The number of hydrogen-bond acceptors (Lipinski definition) is 7. The quantitative estimate of drug-likeness (QED) is 0.702. The van der Waals surface area contributed by atoms with E-state index < -0.39 is 0 Å². The maximum atomic E-state index is 5.79. The van der Waals surface area contributed by atoms with Crippen LogP contribution in [0.4, 0.5) is 11.4 Å². The van der Waals surface area contributed by atoms with Crippen molar-refractivity contribution in [3.05, 3.63) is 28.2 Å². The lowest BCUT2D eigenvalue weighted by atomic mass is 10.2. The highest BCUT2D eigenvalue weighted by Crippen LogP contribution is 2.26. The molecule has 1 aromatic carbocycles. The number of aryl methyl sites for hydroxylation is 1. The monoisotopic (exact) mass is 261 g/mol. The van der Waals surface area contributed by atoms with E-state index in [2.05, 4.69) is 20.6 Å². The summed E-state index contributed by atoms with van der Waals surface area (Å²) in [6.07, 6.45) is 0. The highest BCUT2D eigenvalue weighted by molar-refractivity contribution is 7.09. The Hall–Kier alpha value is -2.15. The molecule has 92 valence electrons. The Morgan fingerprint density at radius 1 is 1.33 bits per heavy atom. The fourth-order valence-corrected chi connectivity index (χ4v) is 2.42. The SMILES string of the molecule is Cc1ncsc1CNc1ccc(N)c2nonc12. The van der Waals surface area contributed by atoms with Gasteiger partial charge < -0.3 is 11.1 Å². The van der Waals surface area contributed by atoms with Crippen LogP contribution >= 0.6 is 11.3 Å². The minimum absolute atomic E-state index is 0.561. The van der Waals surface area contributed by atoms with Crippen LogP contribution in [0.2, 0.25) is 0 Å². The van der Waals surface area contributed by atoms with Crippen molar-refractivity contribution in [3.8, 4) is 0 Å². The van der Waals surface area contributed by atoms with Gasteiger partial charge in [-0.3, -0.25) is 0 Å². The van der Waals surface area contributed by atoms with Gasteiger partial charge in [-0.1, -0.05) is 0 Å². The predicted molar refractivity (Wildman–Crippen MR) is 70.4 cm³/mol. The van der Waals surface area contributed by atoms with Crippen molar-refractivity contribution < 1.29 is 4.63 Å². The van der Waals surface area contributed by atoms with E-state index in [4.69, 9.17) is 10.4 Å². The van der Waals surface area contributed by atoms with E-state index in [1.54, 1.807) is 17.4 Å². The van der Waals surface area contributed by atoms with Crippen LogP contribution in [-0.4, -0.2) is 15.3 Å². The molecule has 0 amide bonds. The Morgan fingerprint density at radius 3 is 2.94 bits per heavy atom. The van der Waals surface area contributed by atoms with Crippen molar-refractivity contribution >= 4 is 33.7 Å². The van der Waals surface area contributed by atoms with Gasteiger partial charge in [0.05, 0.1) is 29.1 Å². The van der Waals surface area contributed by atoms with E-state index >= 15 is 0 Å². The summed E-state index contributed by atoms with van der Waals surface area (Å²) in [7, 11) is 0. The number of nitrogens with two attached hydrogens (primary N) is 1. The molecule has 0 aliphatic carbocycles. The predicted octanol–water partition coefficient (Wildman–Crippen LogP) is 2.18. The first-order valence-electron chi connectivity index (χ1n) is 5.39. The number of fused-ring (bicyclic) bond motifs is 1. The van der Waals surface area contributed by atoms with Gasteiger partial charge in [-0.15, -0.1) is 11.3 Å². The Morgan fingerprint density at radius 2 is 2.17 bits per heavy atom. The van der Waals surface area contributed by atoms with Crippen LogP contribution in [0.3, 0.4) is 0 Å². The molecular weight excluding hydrogens is 250 g/mol. The van der Waals surface area contributed by atoms with Crippen LogP contribution in [0.15, 0.2) is 22.3 Å². The summed E-state index contributed by atoms with van der Waals surface area (Å²) < 4.78 is 4.72. The first kappa shape index (κ1) is 11.0. The van der Waals surface area contributed by atoms with E-state index in [0.717, 1.165) is 11.4 Å². The van der Waals surface area contributed by atoms with E-state index in [-0.39, 0.29) is 0 Å². The Labute approximate surface area is 107 Å². The molecule has 0 fully saturated rings. The summed E-state index contributed by atoms with van der Waals surface area (Å²) in [5, 5.41) is 10.9. The molecule has 3 rings (SSSR count). The topological polar surface area (TPSA) is 89.9 Å². The van der Waals surface area contributed by atoms with Crippen molar-refractivity contribution in [3.63, 3.8) is 0 Å². The van der Waals surface area contributed by atoms with Gasteiger partial charge in [0.1, 0.15) is 0 Å². The molecule has 6 nitrogen and oxygen atoms in total. The second-order valence-electron chi connectivity index (χ2n) is 3.88. The van der Waals surface area contributed by atoms with Gasteiger partial charge in [0.2, 0.25) is 0 Å². The molecule has 0 radical (unpaired) electrons. The van der Waals surface area contributed by atoms with Crippen LogP contribution in [0.5, 0.6) is 0 Å². The fourth-order valence-electron chi connectivity index (χ4n) is 1.70. The second kappa shape index (κ2) is 4.26. The van der Waals surface area contributed by atoms with Gasteiger partial charge in [-0.05, 0) is 29.4 Å². The maximum absolute atomic E-state index is 5.79. The minimum atomic E-state index is 0.561. The average Bonchev–Trinajstić information content (AvgIpc) is 2.98. The zero-order valence-corrected chi connectivity index (χ0v) is 10.5. The third kappa shape index (κ3) is 1.78. The highest BCUT2D eigenvalue weighted by Gasteiger charge is 2.10. The third-order valence-corrected chi connectivity index (χ3v) is 3.67. The van der Waals surface area contributed by atoms with E-state index in [1.165, 1.54) is 4.88 Å². The summed E-state index contributed by atoms with van der Waals surface area (Å²) >= 11 is 1.62. The molecule has 0 atom stereocenters. The maximum Gasteiger partial charge on any atom is 0.160 e. The largest absolute Gasteiger partial charge is 0.397 e. The zero-order valence-electron chi connectivity index (χ0n) is 9.67. The Balaban J connectivity index is 1.89. The molecule has 0 spiro atoms. The number of rotatable bonds is 3. The van der Waals surface area contributed by atoms with Crippen molar-refractivity contribution in [2.75, 3.05) is 11.1 Å². The molecule has 0 saturated heterocycles. The number of aromatic nitrogens is 3. The molecule has 7 heteroatoms. The van der Waals surface area contributed by atoms with Crippen molar-refractivity contribution in [1.29, 1.82) is 0 Å². The van der Waals surface area contributed by atoms with Gasteiger partial charge in [0.15, 0.2) is 11.0 Å². The van der Waals surface area contributed by atoms with E-state index in [0.29, 0.717) is 23.3 Å². The molecule has 3 N–H and O–H groups in total. The Bertz CT molecular complexity index is 690. The lowest BCUT2D eigenvalue weighted by molar-refractivity contribution is 0.316. The second-order valence-corrected chi connectivity index (χ2v) is 4.82. The van der Waals surface area contributed by atoms with Gasteiger partial charge in [0, 0.05) is 4.88 Å². The number of nitrogens with one attached hydrogen (secondary N) is 1. The van der Waals surface area contributed by atoms with Gasteiger partial charge >= 0.3 is 0 Å². The fraction of sp³-hybridized carbons (Fsp3) is 0.182. The highest BCUT2D eigenvalue weighted by atomic mass is 32.1. The molecule has 2 aromatic heterocycles. The van der Waals surface area contributed by atoms with Crippen LogP contribution in [0.25, 0.3) is 11.0 Å². The normalized spacial score (nSPS) is 10.9. The standard InChI is InChI=1S/C11H11N5OS/c1-6-9(18-5-14-6)4-13-8-3-2-7(12)10-11(8)16-17-15-10/h2-3,5,13H,4,12H2,1H3. The molecule has 0 unspecified atom stereocenters. The molecule has 0 aliphatic heterocycles. The van der Waals surface area contributed by atoms with E-state index in [9.17, 15) is 0 Å². The number of thiazole rings is 1. The molecule has 2 heterocycles. The molecule has 3 aromatic rings. The molecular formula is C11H11N5OS. The third-order valence-electron chi connectivity index (χ3n) is 2.73. The summed E-state index contributed by atoms with van der Waals surface area (Å²) in [4.78, 5) is 5.40. The minimum Gasteiger partial charge on any atom is -0.397 e. The molecule has 0 saturated carbocycles. The Kier molecular flexibility index (Phi) is 2.60. The summed E-state index contributed by atoms with van der Waals surface area (Å²) in [6, 6.07) is 3.66. The first-order valence-corrected chi connectivity index (χ1v) is 6.27. The summed E-state index contributed by atoms with van der Waals surface area (Å²) in [6.45, 7) is 2.69. The van der Waals surface area contributed by atoms with E-state index in [1.807, 2.05) is 18.5 Å². The lowest BCUT2D eigenvalue weighted by Gasteiger charge is -2.05. The number of nitrogens with zero attached hydrogens (tertiary/aromatic N) is 3. The lowest BCUT2D eigenvalue weighted by Crippen LogP contribution is -2.00. The number of hydrogen-bond donors (Lipinski definition) is 2. The first-order chi connectivity index (χ1) is 8.75. The zero-order chi connectivity index (χ0) is 12.5. The number of benzene rings is 1. The van der Waals surface area contributed by atoms with Crippen molar-refractivity contribution in [2.24, 2.45) is 0 Å². The average molecular weight is 261 g/mol. The number of nitrogen functional groups attached to an aromatic ring is 1. The van der Waals surface area contributed by atoms with Crippen molar-refractivity contribution in [2.45, 2.75) is 13.5 Å². The van der Waals surface area contributed by atoms with Crippen LogP contribution in [0.1, 0.15) is 10.6 Å².